The Morgan fingerprint density at radius 3 is 2.46 bits per heavy atom. The quantitative estimate of drug-likeness (QED) is 0.323. The molecular weight excluding hydrogens is 462 g/mol. The summed E-state index contributed by atoms with van der Waals surface area (Å²) in [6.45, 7) is 6.54. The van der Waals surface area contributed by atoms with E-state index >= 15 is 0 Å². The summed E-state index contributed by atoms with van der Waals surface area (Å²) in [7, 11) is 0. The molecule has 0 saturated heterocycles. The van der Waals surface area contributed by atoms with Crippen molar-refractivity contribution < 1.29 is 9.90 Å². The molecule has 188 valence electrons. The van der Waals surface area contributed by atoms with Crippen LogP contribution in [0.1, 0.15) is 35.3 Å². The van der Waals surface area contributed by atoms with Gasteiger partial charge in [0.2, 0.25) is 0 Å². The second-order valence-electron chi connectivity index (χ2n) is 8.73. The summed E-state index contributed by atoms with van der Waals surface area (Å²) in [5.74, 6) is 6.44. The summed E-state index contributed by atoms with van der Waals surface area (Å²) in [4.78, 5) is 23.0. The van der Waals surface area contributed by atoms with Gasteiger partial charge in [0, 0.05) is 53.6 Å². The summed E-state index contributed by atoms with van der Waals surface area (Å²) < 4.78 is 0. The van der Waals surface area contributed by atoms with Gasteiger partial charge >= 0.3 is 0 Å². The van der Waals surface area contributed by atoms with E-state index in [0.717, 1.165) is 40.6 Å². The molecule has 0 aliphatic carbocycles. The van der Waals surface area contributed by atoms with Crippen LogP contribution in [-0.2, 0) is 0 Å². The van der Waals surface area contributed by atoms with Gasteiger partial charge in [-0.2, -0.15) is 0 Å². The fourth-order valence-corrected chi connectivity index (χ4v) is 4.09. The van der Waals surface area contributed by atoms with Gasteiger partial charge in [-0.3, -0.25) is 9.78 Å². The van der Waals surface area contributed by atoms with Crippen LogP contribution in [0.15, 0.2) is 73.2 Å². The molecule has 2 aromatic carbocycles. The van der Waals surface area contributed by atoms with Crippen LogP contribution >= 0.6 is 0 Å². The number of likely N-dealkylation sites (N-methyl/N-ethyl adjacent to an activating group) is 1. The van der Waals surface area contributed by atoms with Gasteiger partial charge in [0.05, 0.1) is 11.7 Å². The first-order chi connectivity index (χ1) is 18.0. The third-order valence-electron chi connectivity index (χ3n) is 6.27. The molecule has 2 heterocycles. The number of nitrogens with zero attached hydrogens (tertiary/aromatic N) is 3. The highest BCUT2D eigenvalue weighted by molar-refractivity contribution is 5.95. The number of carbonyl (C=O) groups excluding carboxylic acids is 1. The monoisotopic (exact) mass is 493 g/mol. The number of hydrogen-bond acceptors (Lipinski definition) is 6. The summed E-state index contributed by atoms with van der Waals surface area (Å²) in [5.41, 5.74) is 10.2. The number of pyridine rings is 2. The van der Waals surface area contributed by atoms with E-state index in [9.17, 15) is 9.90 Å². The molecule has 4 N–H and O–H groups in total. The Labute approximate surface area is 217 Å². The van der Waals surface area contributed by atoms with E-state index in [2.05, 4.69) is 38.1 Å². The van der Waals surface area contributed by atoms with Crippen molar-refractivity contribution in [3.8, 4) is 23.0 Å². The standard InChI is InChI=1S/C30H31N5O2/c1-3-35(4-2)20-26(36)19-34-30(37)23-8-5-21(6-9-23)7-11-28-27-12-10-24(22-13-15-32-16-14-22)17-25(27)18-33-29(28)31/h5-6,8-10,12-18,26,36H,3-4,19-20H2,1-2H3,(H2,31,33)(H,34,37). The minimum absolute atomic E-state index is 0.202. The van der Waals surface area contributed by atoms with Gasteiger partial charge in [-0.25, -0.2) is 4.98 Å². The molecule has 1 atom stereocenters. The van der Waals surface area contributed by atoms with Crippen molar-refractivity contribution in [2.45, 2.75) is 20.0 Å². The number of aromatic nitrogens is 2. The number of nitrogens with two attached hydrogens (primary N) is 1. The van der Waals surface area contributed by atoms with Gasteiger partial charge in [-0.15, -0.1) is 0 Å². The van der Waals surface area contributed by atoms with Crippen molar-refractivity contribution in [2.24, 2.45) is 0 Å². The number of rotatable bonds is 8. The highest BCUT2D eigenvalue weighted by atomic mass is 16.3. The molecule has 0 bridgehead atoms. The topological polar surface area (TPSA) is 104 Å². The summed E-state index contributed by atoms with van der Waals surface area (Å²) in [6, 6.07) is 17.1. The van der Waals surface area contributed by atoms with Crippen molar-refractivity contribution in [1.82, 2.24) is 20.2 Å². The normalized spacial score (nSPS) is 11.7. The Balaban J connectivity index is 1.47. The third-order valence-corrected chi connectivity index (χ3v) is 6.27. The molecule has 2 aromatic heterocycles. The predicted octanol–water partition coefficient (Wildman–Crippen LogP) is 3.71. The van der Waals surface area contributed by atoms with Gasteiger partial charge in [-0.1, -0.05) is 37.8 Å². The van der Waals surface area contributed by atoms with Crippen LogP contribution in [0, 0.1) is 11.8 Å². The average Bonchev–Trinajstić information content (AvgIpc) is 2.94. The molecule has 7 nitrogen and oxygen atoms in total. The Kier molecular flexibility index (Phi) is 8.47. The number of amides is 1. The predicted molar refractivity (Wildman–Crippen MR) is 148 cm³/mol. The van der Waals surface area contributed by atoms with Crippen molar-refractivity contribution in [1.29, 1.82) is 0 Å². The molecule has 1 amide bonds. The van der Waals surface area contributed by atoms with Crippen molar-refractivity contribution in [3.63, 3.8) is 0 Å². The average molecular weight is 494 g/mol. The lowest BCUT2D eigenvalue weighted by atomic mass is 10.0. The van der Waals surface area contributed by atoms with Crippen LogP contribution < -0.4 is 11.1 Å². The smallest absolute Gasteiger partial charge is 0.251 e. The maximum Gasteiger partial charge on any atom is 0.251 e. The highest BCUT2D eigenvalue weighted by Gasteiger charge is 2.12. The number of aliphatic hydroxyl groups is 1. The van der Waals surface area contributed by atoms with Crippen molar-refractivity contribution >= 4 is 22.5 Å². The Morgan fingerprint density at radius 1 is 1.03 bits per heavy atom. The zero-order valence-corrected chi connectivity index (χ0v) is 21.1. The molecule has 0 aliphatic rings. The molecule has 1 unspecified atom stereocenters. The van der Waals surface area contributed by atoms with Gasteiger partial charge in [-0.05, 0) is 66.7 Å². The molecule has 4 rings (SSSR count). The van der Waals surface area contributed by atoms with E-state index in [1.165, 1.54) is 0 Å². The lowest BCUT2D eigenvalue weighted by Gasteiger charge is -2.22. The number of carbonyl (C=O) groups is 1. The Morgan fingerprint density at radius 2 is 1.76 bits per heavy atom. The highest BCUT2D eigenvalue weighted by Crippen LogP contribution is 2.27. The number of nitrogen functional groups attached to an aromatic ring is 1. The first-order valence-electron chi connectivity index (χ1n) is 12.4. The van der Waals surface area contributed by atoms with Gasteiger partial charge in [0.25, 0.3) is 5.91 Å². The molecule has 4 aromatic rings. The summed E-state index contributed by atoms with van der Waals surface area (Å²) >= 11 is 0. The van der Waals surface area contributed by atoms with E-state index in [-0.39, 0.29) is 12.5 Å². The molecular formula is C30H31N5O2. The maximum atomic E-state index is 12.5. The second kappa shape index (κ2) is 12.1. The fourth-order valence-electron chi connectivity index (χ4n) is 4.09. The molecule has 7 heteroatoms. The summed E-state index contributed by atoms with van der Waals surface area (Å²) in [6.07, 6.45) is 4.68. The van der Waals surface area contributed by atoms with Crippen molar-refractivity contribution in [3.05, 3.63) is 89.9 Å². The molecule has 0 saturated carbocycles. The van der Waals surface area contributed by atoms with Crippen LogP contribution in [0.2, 0.25) is 0 Å². The zero-order valence-electron chi connectivity index (χ0n) is 21.1. The number of anilines is 1. The molecule has 37 heavy (non-hydrogen) atoms. The maximum absolute atomic E-state index is 12.5. The minimum atomic E-state index is -0.616. The van der Waals surface area contributed by atoms with Crippen LogP contribution in [0.25, 0.3) is 21.9 Å². The first-order valence-corrected chi connectivity index (χ1v) is 12.4. The zero-order chi connectivity index (χ0) is 26.2. The number of aliphatic hydroxyl groups excluding tert-OH is 1. The van der Waals surface area contributed by atoms with E-state index in [1.807, 2.05) is 38.1 Å². The minimum Gasteiger partial charge on any atom is -0.390 e. The van der Waals surface area contributed by atoms with Crippen LogP contribution in [0.4, 0.5) is 5.82 Å². The van der Waals surface area contributed by atoms with Gasteiger partial charge in [0.1, 0.15) is 5.82 Å². The van der Waals surface area contributed by atoms with E-state index in [0.29, 0.717) is 23.5 Å². The van der Waals surface area contributed by atoms with Crippen LogP contribution in [-0.4, -0.2) is 58.2 Å². The van der Waals surface area contributed by atoms with Gasteiger partial charge in [0.15, 0.2) is 0 Å². The molecule has 0 aliphatic heterocycles. The largest absolute Gasteiger partial charge is 0.390 e. The van der Waals surface area contributed by atoms with E-state index in [4.69, 9.17) is 5.73 Å². The van der Waals surface area contributed by atoms with E-state index < -0.39 is 6.10 Å². The SMILES string of the molecule is CCN(CC)CC(O)CNC(=O)c1ccc(C#Cc2c(N)ncc3cc(-c4ccncc4)ccc23)cc1. The first kappa shape index (κ1) is 25.8. The Bertz CT molecular complexity index is 1420. The van der Waals surface area contributed by atoms with Crippen molar-refractivity contribution in [2.75, 3.05) is 31.9 Å². The van der Waals surface area contributed by atoms with Gasteiger partial charge < -0.3 is 21.1 Å². The fraction of sp³-hybridized carbons (Fsp3) is 0.233. The number of benzene rings is 2. The second-order valence-corrected chi connectivity index (χ2v) is 8.73. The summed E-state index contributed by atoms with van der Waals surface area (Å²) in [5, 5.41) is 14.8. The Hall–Kier alpha value is -4.25. The lowest BCUT2D eigenvalue weighted by Crippen LogP contribution is -2.40. The molecule has 0 radical (unpaired) electrons. The van der Waals surface area contributed by atoms with Crippen LogP contribution in [0.3, 0.4) is 0 Å². The molecule has 0 fully saturated rings. The molecule has 0 spiro atoms. The number of nitrogens with one attached hydrogen (secondary N) is 1. The number of fused-ring (bicyclic) bond motifs is 1. The van der Waals surface area contributed by atoms with E-state index in [1.54, 1.807) is 42.9 Å². The lowest BCUT2D eigenvalue weighted by molar-refractivity contribution is 0.0869. The third kappa shape index (κ3) is 6.50. The van der Waals surface area contributed by atoms with Crippen LogP contribution in [0.5, 0.6) is 0 Å². The number of hydrogen-bond donors (Lipinski definition) is 3.